The third kappa shape index (κ3) is 3.42. The van der Waals surface area contributed by atoms with E-state index in [4.69, 9.17) is 5.11 Å². The summed E-state index contributed by atoms with van der Waals surface area (Å²) in [5.41, 5.74) is 1.30. The Kier molecular flexibility index (Phi) is 4.42. The number of aliphatic carboxylic acids is 1. The Balaban J connectivity index is 1.83. The Labute approximate surface area is 137 Å². The van der Waals surface area contributed by atoms with Crippen LogP contribution in [-0.4, -0.2) is 40.0 Å². The molecule has 3 N–H and O–H groups in total. The highest BCUT2D eigenvalue weighted by atomic mass is 32.1. The molecule has 23 heavy (non-hydrogen) atoms. The summed E-state index contributed by atoms with van der Waals surface area (Å²) in [4.78, 5) is 33.4. The van der Waals surface area contributed by atoms with Crippen molar-refractivity contribution < 1.29 is 14.7 Å². The first-order valence-corrected chi connectivity index (χ1v) is 8.37. The van der Waals surface area contributed by atoms with Gasteiger partial charge in [-0.1, -0.05) is 0 Å². The van der Waals surface area contributed by atoms with Crippen LogP contribution in [0, 0.1) is 6.92 Å². The van der Waals surface area contributed by atoms with Crippen molar-refractivity contribution in [3.05, 3.63) is 16.3 Å². The van der Waals surface area contributed by atoms with E-state index in [1.165, 1.54) is 16.9 Å². The van der Waals surface area contributed by atoms with Crippen LogP contribution in [0.4, 0.5) is 5.82 Å². The Morgan fingerprint density at radius 2 is 2.00 bits per heavy atom. The zero-order valence-corrected chi connectivity index (χ0v) is 13.6. The average molecular weight is 334 g/mol. The lowest BCUT2D eigenvalue weighted by atomic mass is 9.97. The van der Waals surface area contributed by atoms with Crippen LogP contribution in [-0.2, 0) is 22.4 Å². The number of anilines is 1. The van der Waals surface area contributed by atoms with Crippen molar-refractivity contribution in [3.63, 3.8) is 0 Å². The number of aryl methyl sites for hydroxylation is 3. The Morgan fingerprint density at radius 3 is 2.78 bits per heavy atom. The van der Waals surface area contributed by atoms with Gasteiger partial charge in [0.05, 0.1) is 11.9 Å². The second kappa shape index (κ2) is 6.49. The first-order valence-electron chi connectivity index (χ1n) is 7.56. The van der Waals surface area contributed by atoms with Gasteiger partial charge in [-0.05, 0) is 38.2 Å². The van der Waals surface area contributed by atoms with Gasteiger partial charge in [0.1, 0.15) is 23.0 Å². The fraction of sp³-hybridized carbons (Fsp3) is 0.467. The molecule has 1 amide bonds. The molecule has 0 atom stereocenters. The molecule has 2 heterocycles. The summed E-state index contributed by atoms with van der Waals surface area (Å²) in [6.07, 6.45) is 4.45. The summed E-state index contributed by atoms with van der Waals surface area (Å²) in [6.45, 7) is 1.43. The molecule has 7 nitrogen and oxygen atoms in total. The summed E-state index contributed by atoms with van der Waals surface area (Å²) >= 11 is 1.71. The first kappa shape index (κ1) is 15.7. The van der Waals surface area contributed by atoms with Crippen molar-refractivity contribution >= 4 is 39.2 Å². The zero-order valence-electron chi connectivity index (χ0n) is 12.8. The van der Waals surface area contributed by atoms with Gasteiger partial charge < -0.3 is 15.7 Å². The summed E-state index contributed by atoms with van der Waals surface area (Å²) in [7, 11) is 0. The van der Waals surface area contributed by atoms with Crippen molar-refractivity contribution in [1.29, 1.82) is 0 Å². The number of carboxylic acid groups (broad SMARTS) is 1. The monoisotopic (exact) mass is 334 g/mol. The molecule has 0 aromatic carbocycles. The van der Waals surface area contributed by atoms with Crippen molar-refractivity contribution in [2.75, 3.05) is 18.4 Å². The normalized spacial score (nSPS) is 13.6. The van der Waals surface area contributed by atoms with Crippen LogP contribution in [0.25, 0.3) is 10.2 Å². The van der Waals surface area contributed by atoms with Crippen LogP contribution in [0.15, 0.2) is 0 Å². The van der Waals surface area contributed by atoms with Crippen LogP contribution in [0.5, 0.6) is 0 Å². The average Bonchev–Trinajstić information content (AvgIpc) is 2.88. The smallest absolute Gasteiger partial charge is 0.322 e. The maximum absolute atomic E-state index is 11.7. The molecule has 122 valence electrons. The van der Waals surface area contributed by atoms with Crippen LogP contribution in [0.1, 0.15) is 29.1 Å². The Morgan fingerprint density at radius 1 is 1.22 bits per heavy atom. The lowest BCUT2D eigenvalue weighted by Crippen LogP contribution is -2.34. The predicted molar refractivity (Wildman–Crippen MR) is 87.9 cm³/mol. The molecular formula is C15H18N4O3S. The number of carbonyl (C=O) groups is 2. The van der Waals surface area contributed by atoms with Crippen molar-refractivity contribution in [1.82, 2.24) is 15.3 Å². The summed E-state index contributed by atoms with van der Waals surface area (Å²) < 4.78 is 0. The zero-order chi connectivity index (χ0) is 16.4. The SMILES string of the molecule is Cc1nc(NCC(=O)NCC(=O)O)c2c3c(sc2n1)CCCC3. The van der Waals surface area contributed by atoms with E-state index in [-0.39, 0.29) is 19.0 Å². The molecule has 2 aromatic heterocycles. The lowest BCUT2D eigenvalue weighted by Gasteiger charge is -2.12. The molecule has 0 radical (unpaired) electrons. The van der Waals surface area contributed by atoms with E-state index in [1.807, 2.05) is 6.92 Å². The second-order valence-electron chi connectivity index (χ2n) is 5.53. The molecule has 0 fully saturated rings. The van der Waals surface area contributed by atoms with Crippen molar-refractivity contribution in [3.8, 4) is 0 Å². The molecule has 3 rings (SSSR count). The number of nitrogens with one attached hydrogen (secondary N) is 2. The number of aromatic nitrogens is 2. The van der Waals surface area contributed by atoms with E-state index < -0.39 is 5.97 Å². The van der Waals surface area contributed by atoms with E-state index in [0.29, 0.717) is 11.6 Å². The molecule has 2 aromatic rings. The number of thiophene rings is 1. The third-order valence-corrected chi connectivity index (χ3v) is 4.97. The fourth-order valence-electron chi connectivity index (χ4n) is 2.79. The van der Waals surface area contributed by atoms with Crippen LogP contribution < -0.4 is 10.6 Å². The number of fused-ring (bicyclic) bond motifs is 3. The summed E-state index contributed by atoms with van der Waals surface area (Å²) in [6, 6.07) is 0. The molecule has 1 aliphatic carbocycles. The predicted octanol–water partition coefficient (Wildman–Crippen LogP) is 1.49. The fourth-order valence-corrected chi connectivity index (χ4v) is 4.10. The highest BCUT2D eigenvalue weighted by molar-refractivity contribution is 7.19. The third-order valence-electron chi connectivity index (χ3n) is 3.78. The van der Waals surface area contributed by atoms with E-state index in [1.54, 1.807) is 11.3 Å². The second-order valence-corrected chi connectivity index (χ2v) is 6.62. The molecule has 0 saturated carbocycles. The van der Waals surface area contributed by atoms with Gasteiger partial charge in [-0.25, -0.2) is 9.97 Å². The van der Waals surface area contributed by atoms with E-state index >= 15 is 0 Å². The number of hydrogen-bond acceptors (Lipinski definition) is 6. The lowest BCUT2D eigenvalue weighted by molar-refractivity contribution is -0.137. The molecule has 0 unspecified atom stereocenters. The number of hydrogen-bond donors (Lipinski definition) is 3. The maximum atomic E-state index is 11.7. The first-order chi connectivity index (χ1) is 11.0. The quantitative estimate of drug-likeness (QED) is 0.765. The number of carbonyl (C=O) groups excluding carboxylic acids is 1. The van der Waals surface area contributed by atoms with Crippen LogP contribution >= 0.6 is 11.3 Å². The number of rotatable bonds is 5. The minimum atomic E-state index is -1.06. The highest BCUT2D eigenvalue weighted by Crippen LogP contribution is 2.38. The van der Waals surface area contributed by atoms with Gasteiger partial charge in [-0.2, -0.15) is 0 Å². The summed E-state index contributed by atoms with van der Waals surface area (Å²) in [5, 5.41) is 15.0. The van der Waals surface area contributed by atoms with Gasteiger partial charge in [-0.15, -0.1) is 11.3 Å². The minimum Gasteiger partial charge on any atom is -0.480 e. The Hall–Kier alpha value is -2.22. The molecular weight excluding hydrogens is 316 g/mol. The molecule has 0 saturated heterocycles. The van der Waals surface area contributed by atoms with E-state index in [2.05, 4.69) is 20.6 Å². The molecule has 8 heteroatoms. The van der Waals surface area contributed by atoms with Gasteiger partial charge in [0.15, 0.2) is 0 Å². The number of carboxylic acids is 1. The number of nitrogens with zero attached hydrogens (tertiary/aromatic N) is 2. The van der Waals surface area contributed by atoms with Crippen LogP contribution in [0.2, 0.25) is 0 Å². The topological polar surface area (TPSA) is 104 Å². The largest absolute Gasteiger partial charge is 0.480 e. The van der Waals surface area contributed by atoms with Gasteiger partial charge in [0, 0.05) is 4.88 Å². The van der Waals surface area contributed by atoms with Crippen LogP contribution in [0.3, 0.4) is 0 Å². The highest BCUT2D eigenvalue weighted by Gasteiger charge is 2.20. The van der Waals surface area contributed by atoms with Crippen molar-refractivity contribution in [2.24, 2.45) is 0 Å². The molecule has 1 aliphatic rings. The standard InChI is InChI=1S/C15H18N4O3S/c1-8-18-14(17-6-11(20)16-7-12(21)22)13-9-4-2-3-5-10(9)23-15(13)19-8/h2-7H2,1H3,(H,16,20)(H,21,22)(H,17,18,19). The summed E-state index contributed by atoms with van der Waals surface area (Å²) in [5.74, 6) is -0.117. The molecule has 0 spiro atoms. The minimum absolute atomic E-state index is 0.0105. The van der Waals surface area contributed by atoms with E-state index in [9.17, 15) is 9.59 Å². The Bertz CT molecular complexity index is 772. The number of amides is 1. The van der Waals surface area contributed by atoms with E-state index in [0.717, 1.165) is 29.5 Å². The van der Waals surface area contributed by atoms with Gasteiger partial charge >= 0.3 is 5.97 Å². The molecule has 0 aliphatic heterocycles. The van der Waals surface area contributed by atoms with Gasteiger partial charge in [0.2, 0.25) is 5.91 Å². The van der Waals surface area contributed by atoms with Gasteiger partial charge in [-0.3, -0.25) is 9.59 Å². The van der Waals surface area contributed by atoms with Crippen molar-refractivity contribution in [2.45, 2.75) is 32.6 Å². The maximum Gasteiger partial charge on any atom is 0.322 e. The van der Waals surface area contributed by atoms with Gasteiger partial charge in [0.25, 0.3) is 0 Å². The molecule has 0 bridgehead atoms.